The summed E-state index contributed by atoms with van der Waals surface area (Å²) in [5.41, 5.74) is 2.61. The summed E-state index contributed by atoms with van der Waals surface area (Å²) in [7, 11) is -1.21. The van der Waals surface area contributed by atoms with Gasteiger partial charge in [0.05, 0.1) is 15.7 Å². The molecular formula is C26H36Cl2N4O4S. The lowest BCUT2D eigenvalue weighted by molar-refractivity contribution is -0.140. The first-order chi connectivity index (χ1) is 17.2. The largest absolute Gasteiger partial charge is 0.352 e. The van der Waals surface area contributed by atoms with Crippen molar-refractivity contribution < 1.29 is 18.0 Å². The number of amides is 2. The third kappa shape index (κ3) is 7.83. The SMILES string of the molecule is CC[C@@H](C(=O)NC(C)C)N(Cc1ccc(Cl)c(Cl)c1)C(=O)CN(c1cc(C)ccc1C)S(=O)(=O)N(C)C. The molecule has 0 aromatic heterocycles. The van der Waals surface area contributed by atoms with Gasteiger partial charge in [-0.1, -0.05) is 48.3 Å². The number of carbonyl (C=O) groups is 2. The van der Waals surface area contributed by atoms with Crippen LogP contribution in [0.4, 0.5) is 5.69 Å². The van der Waals surface area contributed by atoms with Crippen molar-refractivity contribution in [2.75, 3.05) is 24.9 Å². The fourth-order valence-electron chi connectivity index (χ4n) is 3.82. The van der Waals surface area contributed by atoms with Crippen LogP contribution in [0.5, 0.6) is 0 Å². The molecule has 0 radical (unpaired) electrons. The molecule has 11 heteroatoms. The number of aryl methyl sites for hydroxylation is 2. The number of rotatable bonds is 11. The molecule has 0 fully saturated rings. The highest BCUT2D eigenvalue weighted by Gasteiger charge is 2.34. The van der Waals surface area contributed by atoms with Gasteiger partial charge in [-0.15, -0.1) is 0 Å². The normalized spacial score (nSPS) is 12.5. The lowest BCUT2D eigenvalue weighted by Gasteiger charge is -2.34. The Morgan fingerprint density at radius 3 is 2.19 bits per heavy atom. The topological polar surface area (TPSA) is 90.0 Å². The van der Waals surface area contributed by atoms with Crippen molar-refractivity contribution in [1.29, 1.82) is 0 Å². The van der Waals surface area contributed by atoms with Crippen molar-refractivity contribution >= 4 is 50.9 Å². The van der Waals surface area contributed by atoms with E-state index in [9.17, 15) is 18.0 Å². The van der Waals surface area contributed by atoms with Gasteiger partial charge < -0.3 is 10.2 Å². The van der Waals surface area contributed by atoms with E-state index < -0.39 is 28.7 Å². The molecule has 2 aromatic rings. The predicted molar refractivity (Wildman–Crippen MR) is 150 cm³/mol. The molecule has 1 N–H and O–H groups in total. The van der Waals surface area contributed by atoms with Crippen LogP contribution < -0.4 is 9.62 Å². The number of halogens is 2. The minimum atomic E-state index is -4.04. The summed E-state index contributed by atoms with van der Waals surface area (Å²) in [6, 6.07) is 9.44. The maximum Gasteiger partial charge on any atom is 0.304 e. The van der Waals surface area contributed by atoms with E-state index in [4.69, 9.17) is 23.2 Å². The van der Waals surface area contributed by atoms with E-state index in [0.29, 0.717) is 33.3 Å². The Labute approximate surface area is 230 Å². The Bertz CT molecular complexity index is 1240. The second-order valence-electron chi connectivity index (χ2n) is 9.44. The van der Waals surface area contributed by atoms with Crippen LogP contribution in [0.25, 0.3) is 0 Å². The van der Waals surface area contributed by atoms with Crippen molar-refractivity contribution in [2.45, 2.75) is 59.7 Å². The minimum absolute atomic E-state index is 0.0440. The van der Waals surface area contributed by atoms with Crippen LogP contribution >= 0.6 is 23.2 Å². The highest BCUT2D eigenvalue weighted by atomic mass is 35.5. The average Bonchev–Trinajstić information content (AvgIpc) is 2.80. The maximum atomic E-state index is 13.9. The molecule has 0 aliphatic carbocycles. The van der Waals surface area contributed by atoms with Crippen molar-refractivity contribution in [2.24, 2.45) is 0 Å². The Balaban J connectivity index is 2.58. The first kappa shape index (κ1) is 30.9. The van der Waals surface area contributed by atoms with Crippen molar-refractivity contribution in [1.82, 2.24) is 14.5 Å². The summed E-state index contributed by atoms with van der Waals surface area (Å²) in [5.74, 6) is -0.845. The van der Waals surface area contributed by atoms with Gasteiger partial charge in [0.2, 0.25) is 11.8 Å². The first-order valence-corrected chi connectivity index (χ1v) is 14.2. The monoisotopic (exact) mass is 570 g/mol. The number of hydrogen-bond donors (Lipinski definition) is 1. The molecule has 0 unspecified atom stereocenters. The molecule has 0 saturated heterocycles. The zero-order chi connectivity index (χ0) is 28.1. The summed E-state index contributed by atoms with van der Waals surface area (Å²) in [4.78, 5) is 28.4. The van der Waals surface area contributed by atoms with Crippen LogP contribution in [-0.2, 0) is 26.3 Å². The number of nitrogens with one attached hydrogen (secondary N) is 1. The third-order valence-electron chi connectivity index (χ3n) is 5.81. The Morgan fingerprint density at radius 1 is 1.00 bits per heavy atom. The van der Waals surface area contributed by atoms with Gasteiger partial charge in [-0.3, -0.25) is 9.59 Å². The molecule has 1 atom stereocenters. The second-order valence-corrected chi connectivity index (χ2v) is 12.3. The minimum Gasteiger partial charge on any atom is -0.352 e. The Morgan fingerprint density at radius 2 is 1.65 bits per heavy atom. The highest BCUT2D eigenvalue weighted by Crippen LogP contribution is 2.27. The fourth-order valence-corrected chi connectivity index (χ4v) is 5.26. The predicted octanol–water partition coefficient (Wildman–Crippen LogP) is 4.56. The number of anilines is 1. The van der Waals surface area contributed by atoms with E-state index in [0.717, 1.165) is 14.2 Å². The second kappa shape index (κ2) is 13.0. The summed E-state index contributed by atoms with van der Waals surface area (Å²) in [6.07, 6.45) is 0.329. The van der Waals surface area contributed by atoms with Gasteiger partial charge in [0.25, 0.3) is 0 Å². The molecule has 2 aromatic carbocycles. The summed E-state index contributed by atoms with van der Waals surface area (Å²) >= 11 is 12.3. The van der Waals surface area contributed by atoms with Gasteiger partial charge >= 0.3 is 10.2 Å². The summed E-state index contributed by atoms with van der Waals surface area (Å²) < 4.78 is 28.9. The van der Waals surface area contributed by atoms with E-state index in [1.165, 1.54) is 19.0 Å². The van der Waals surface area contributed by atoms with E-state index in [1.807, 2.05) is 32.9 Å². The molecular weight excluding hydrogens is 535 g/mol. The Hall–Kier alpha value is -2.33. The standard InChI is InChI=1S/C26H36Cl2N4O4S/c1-8-23(26(34)29-17(2)3)31(15-20-11-12-21(27)22(28)14-20)25(33)16-32(37(35,36)30(6)7)24-13-18(4)9-10-19(24)5/h9-14,17,23H,8,15-16H2,1-7H3,(H,29,34)/t23-/m0/s1. The molecule has 0 aliphatic heterocycles. The third-order valence-corrected chi connectivity index (χ3v) is 8.35. The quantitative estimate of drug-likeness (QED) is 0.429. The van der Waals surface area contributed by atoms with Crippen molar-refractivity contribution in [3.63, 3.8) is 0 Å². The van der Waals surface area contributed by atoms with Crippen LogP contribution in [0.3, 0.4) is 0 Å². The summed E-state index contributed by atoms with van der Waals surface area (Å²) in [6.45, 7) is 8.67. The van der Waals surface area contributed by atoms with Crippen LogP contribution in [0.2, 0.25) is 10.0 Å². The molecule has 37 heavy (non-hydrogen) atoms. The fraction of sp³-hybridized carbons (Fsp3) is 0.462. The van der Waals surface area contributed by atoms with E-state index in [-0.39, 0.29) is 18.5 Å². The number of hydrogen-bond acceptors (Lipinski definition) is 4. The smallest absolute Gasteiger partial charge is 0.304 e. The van der Waals surface area contributed by atoms with E-state index in [2.05, 4.69) is 5.32 Å². The lowest BCUT2D eigenvalue weighted by Crippen LogP contribution is -2.54. The maximum absolute atomic E-state index is 13.9. The molecule has 0 aliphatic rings. The van der Waals surface area contributed by atoms with Gasteiger partial charge in [-0.05, 0) is 69.0 Å². The summed E-state index contributed by atoms with van der Waals surface area (Å²) in [5, 5.41) is 3.55. The molecule has 0 bridgehead atoms. The molecule has 0 spiro atoms. The van der Waals surface area contributed by atoms with Crippen molar-refractivity contribution in [3.8, 4) is 0 Å². The number of carbonyl (C=O) groups excluding carboxylic acids is 2. The van der Waals surface area contributed by atoms with Crippen LogP contribution in [0.1, 0.15) is 43.9 Å². The van der Waals surface area contributed by atoms with Crippen molar-refractivity contribution in [3.05, 3.63) is 63.1 Å². The first-order valence-electron chi connectivity index (χ1n) is 12.0. The molecule has 0 heterocycles. The zero-order valence-corrected chi connectivity index (χ0v) is 24.7. The Kier molecular flexibility index (Phi) is 10.8. The average molecular weight is 572 g/mol. The van der Waals surface area contributed by atoms with Gasteiger partial charge in [0.15, 0.2) is 0 Å². The molecule has 2 amide bonds. The lowest BCUT2D eigenvalue weighted by atomic mass is 10.1. The van der Waals surface area contributed by atoms with Crippen LogP contribution in [0.15, 0.2) is 36.4 Å². The van der Waals surface area contributed by atoms with Gasteiger partial charge in [0, 0.05) is 26.7 Å². The van der Waals surface area contributed by atoms with Gasteiger partial charge in [0.1, 0.15) is 12.6 Å². The number of nitrogens with zero attached hydrogens (tertiary/aromatic N) is 3. The zero-order valence-electron chi connectivity index (χ0n) is 22.4. The van der Waals surface area contributed by atoms with E-state index >= 15 is 0 Å². The van der Waals surface area contributed by atoms with E-state index in [1.54, 1.807) is 38.1 Å². The molecule has 204 valence electrons. The molecule has 8 nitrogen and oxygen atoms in total. The highest BCUT2D eigenvalue weighted by molar-refractivity contribution is 7.90. The van der Waals surface area contributed by atoms with Crippen LogP contribution in [-0.4, -0.2) is 62.2 Å². The molecule has 0 saturated carbocycles. The number of benzene rings is 2. The van der Waals surface area contributed by atoms with Gasteiger partial charge in [-0.2, -0.15) is 12.7 Å². The van der Waals surface area contributed by atoms with Crippen LogP contribution in [0, 0.1) is 13.8 Å². The molecule has 2 rings (SSSR count). The van der Waals surface area contributed by atoms with Gasteiger partial charge in [-0.25, -0.2) is 4.31 Å².